The molecular formula is C16H26N4O3. The molecule has 0 amide bonds. The standard InChI is InChI=1S/C16H26N4O3/c1-12(20-6-8-23-9-7-20)11-18-16(17)19-13-4-5-14(21-2)15(10-13)22-3/h4-5,10,12H,6-9,11H2,1-3H3,(H3,17,18,19). The quantitative estimate of drug-likeness (QED) is 0.604. The van der Waals surface area contributed by atoms with Gasteiger partial charge in [0.15, 0.2) is 17.5 Å². The molecule has 1 unspecified atom stereocenters. The van der Waals surface area contributed by atoms with Gasteiger partial charge in [0.05, 0.1) is 34.0 Å². The van der Waals surface area contributed by atoms with Gasteiger partial charge in [0.25, 0.3) is 0 Å². The molecule has 1 aromatic rings. The Bertz CT molecular complexity index is 530. The van der Waals surface area contributed by atoms with Crippen LogP contribution in [0, 0.1) is 0 Å². The van der Waals surface area contributed by atoms with Gasteiger partial charge in [0.1, 0.15) is 0 Å². The van der Waals surface area contributed by atoms with E-state index >= 15 is 0 Å². The first-order valence-electron chi connectivity index (χ1n) is 7.74. The highest BCUT2D eigenvalue weighted by molar-refractivity contribution is 5.92. The molecule has 0 spiro atoms. The van der Waals surface area contributed by atoms with Crippen LogP contribution in [-0.2, 0) is 4.74 Å². The number of nitrogens with two attached hydrogens (primary N) is 1. The summed E-state index contributed by atoms with van der Waals surface area (Å²) in [5.41, 5.74) is 6.78. The predicted molar refractivity (Wildman–Crippen MR) is 91.5 cm³/mol. The molecule has 7 nitrogen and oxygen atoms in total. The molecule has 0 aliphatic carbocycles. The van der Waals surface area contributed by atoms with Crippen LogP contribution in [0.4, 0.5) is 5.69 Å². The Hall–Kier alpha value is -1.99. The number of ether oxygens (including phenoxy) is 3. The predicted octanol–water partition coefficient (Wildman–Crippen LogP) is 1.15. The van der Waals surface area contributed by atoms with Crippen molar-refractivity contribution < 1.29 is 14.2 Å². The van der Waals surface area contributed by atoms with E-state index in [-0.39, 0.29) is 0 Å². The highest BCUT2D eigenvalue weighted by Gasteiger charge is 2.16. The summed E-state index contributed by atoms with van der Waals surface area (Å²) >= 11 is 0. The SMILES string of the molecule is COc1ccc(NC(N)=NCC(C)N2CCOCC2)cc1OC. The Morgan fingerprint density at radius 1 is 1.30 bits per heavy atom. The Morgan fingerprint density at radius 3 is 2.65 bits per heavy atom. The molecular weight excluding hydrogens is 296 g/mol. The van der Waals surface area contributed by atoms with E-state index in [2.05, 4.69) is 22.1 Å². The number of benzene rings is 1. The van der Waals surface area contributed by atoms with E-state index in [4.69, 9.17) is 19.9 Å². The van der Waals surface area contributed by atoms with Crippen LogP contribution in [0.15, 0.2) is 23.2 Å². The summed E-state index contributed by atoms with van der Waals surface area (Å²) in [4.78, 5) is 6.78. The molecule has 1 heterocycles. The van der Waals surface area contributed by atoms with Crippen LogP contribution < -0.4 is 20.5 Å². The minimum atomic E-state index is 0.338. The van der Waals surface area contributed by atoms with Gasteiger partial charge in [-0.1, -0.05) is 0 Å². The molecule has 2 rings (SSSR count). The van der Waals surface area contributed by atoms with Gasteiger partial charge >= 0.3 is 0 Å². The molecule has 23 heavy (non-hydrogen) atoms. The Balaban J connectivity index is 1.91. The van der Waals surface area contributed by atoms with E-state index < -0.39 is 0 Å². The highest BCUT2D eigenvalue weighted by atomic mass is 16.5. The van der Waals surface area contributed by atoms with E-state index in [0.29, 0.717) is 30.0 Å². The zero-order valence-corrected chi connectivity index (χ0v) is 14.0. The molecule has 1 aliphatic heterocycles. The molecule has 128 valence electrons. The van der Waals surface area contributed by atoms with Crippen molar-refractivity contribution >= 4 is 11.6 Å². The van der Waals surface area contributed by atoms with Gasteiger partial charge in [-0.2, -0.15) is 0 Å². The fourth-order valence-corrected chi connectivity index (χ4v) is 2.47. The van der Waals surface area contributed by atoms with Crippen LogP contribution in [0.1, 0.15) is 6.92 Å². The summed E-state index contributed by atoms with van der Waals surface area (Å²) in [5, 5.41) is 3.08. The van der Waals surface area contributed by atoms with Crippen molar-refractivity contribution in [2.24, 2.45) is 10.7 Å². The second kappa shape index (κ2) is 8.59. The van der Waals surface area contributed by atoms with Gasteiger partial charge in [0, 0.05) is 30.9 Å². The summed E-state index contributed by atoms with van der Waals surface area (Å²) in [7, 11) is 3.21. The largest absolute Gasteiger partial charge is 0.493 e. The number of guanidine groups is 1. The Labute approximate surface area is 137 Å². The molecule has 1 aromatic carbocycles. The smallest absolute Gasteiger partial charge is 0.193 e. The third-order valence-electron chi connectivity index (χ3n) is 3.85. The van der Waals surface area contributed by atoms with Crippen LogP contribution in [-0.4, -0.2) is 64.0 Å². The van der Waals surface area contributed by atoms with E-state index in [0.717, 1.165) is 32.0 Å². The maximum Gasteiger partial charge on any atom is 0.193 e. The summed E-state index contributed by atoms with van der Waals surface area (Å²) < 4.78 is 15.8. The number of methoxy groups -OCH3 is 2. The zero-order valence-electron chi connectivity index (χ0n) is 14.0. The van der Waals surface area contributed by atoms with Crippen molar-refractivity contribution in [1.82, 2.24) is 4.90 Å². The van der Waals surface area contributed by atoms with E-state index in [1.807, 2.05) is 18.2 Å². The second-order valence-electron chi connectivity index (χ2n) is 5.42. The molecule has 0 aromatic heterocycles. The van der Waals surface area contributed by atoms with Gasteiger partial charge in [-0.05, 0) is 19.1 Å². The first kappa shape index (κ1) is 17.4. The fourth-order valence-electron chi connectivity index (χ4n) is 2.47. The molecule has 0 radical (unpaired) electrons. The lowest BCUT2D eigenvalue weighted by atomic mass is 10.2. The summed E-state index contributed by atoms with van der Waals surface area (Å²) in [6.45, 7) is 6.25. The van der Waals surface area contributed by atoms with Gasteiger partial charge in [-0.15, -0.1) is 0 Å². The first-order chi connectivity index (χ1) is 11.1. The Kier molecular flexibility index (Phi) is 6.49. The average molecular weight is 322 g/mol. The number of hydrogen-bond acceptors (Lipinski definition) is 5. The summed E-state index contributed by atoms with van der Waals surface area (Å²) in [6, 6.07) is 5.86. The van der Waals surface area contributed by atoms with Gasteiger partial charge in [-0.25, -0.2) is 0 Å². The van der Waals surface area contributed by atoms with Crippen LogP contribution in [0.5, 0.6) is 11.5 Å². The van der Waals surface area contributed by atoms with Crippen molar-refractivity contribution in [2.45, 2.75) is 13.0 Å². The minimum Gasteiger partial charge on any atom is -0.493 e. The van der Waals surface area contributed by atoms with Gasteiger partial charge in [-0.3, -0.25) is 9.89 Å². The molecule has 7 heteroatoms. The fraction of sp³-hybridized carbons (Fsp3) is 0.562. The van der Waals surface area contributed by atoms with Crippen LogP contribution in [0.3, 0.4) is 0 Å². The lowest BCUT2D eigenvalue weighted by molar-refractivity contribution is 0.0221. The summed E-state index contributed by atoms with van der Waals surface area (Å²) in [6.07, 6.45) is 0. The maximum absolute atomic E-state index is 5.97. The highest BCUT2D eigenvalue weighted by Crippen LogP contribution is 2.29. The first-order valence-corrected chi connectivity index (χ1v) is 7.74. The lowest BCUT2D eigenvalue weighted by Gasteiger charge is -2.31. The van der Waals surface area contributed by atoms with Gasteiger partial charge in [0.2, 0.25) is 0 Å². The molecule has 1 saturated heterocycles. The minimum absolute atomic E-state index is 0.338. The molecule has 1 aliphatic rings. The Morgan fingerprint density at radius 2 is 2.00 bits per heavy atom. The number of aliphatic imine (C=N–C) groups is 1. The maximum atomic E-state index is 5.97. The lowest BCUT2D eigenvalue weighted by Crippen LogP contribution is -2.43. The molecule has 3 N–H and O–H groups in total. The van der Waals surface area contributed by atoms with Crippen molar-refractivity contribution in [2.75, 3.05) is 52.4 Å². The molecule has 1 fully saturated rings. The van der Waals surface area contributed by atoms with E-state index in [1.54, 1.807) is 14.2 Å². The third kappa shape index (κ3) is 5.01. The van der Waals surface area contributed by atoms with Crippen LogP contribution in [0.2, 0.25) is 0 Å². The monoisotopic (exact) mass is 322 g/mol. The van der Waals surface area contributed by atoms with Crippen LogP contribution in [0.25, 0.3) is 0 Å². The number of anilines is 1. The molecule has 0 bridgehead atoms. The number of nitrogens with one attached hydrogen (secondary N) is 1. The average Bonchev–Trinajstić information content (AvgIpc) is 2.60. The van der Waals surface area contributed by atoms with Crippen molar-refractivity contribution in [1.29, 1.82) is 0 Å². The van der Waals surface area contributed by atoms with Crippen molar-refractivity contribution in [3.63, 3.8) is 0 Å². The zero-order chi connectivity index (χ0) is 16.7. The number of hydrogen-bond donors (Lipinski definition) is 2. The molecule has 1 atom stereocenters. The van der Waals surface area contributed by atoms with Crippen molar-refractivity contribution in [3.8, 4) is 11.5 Å². The van der Waals surface area contributed by atoms with Crippen molar-refractivity contribution in [3.05, 3.63) is 18.2 Å². The topological polar surface area (TPSA) is 81.3 Å². The number of nitrogens with zero attached hydrogens (tertiary/aromatic N) is 2. The van der Waals surface area contributed by atoms with Gasteiger partial charge < -0.3 is 25.3 Å². The summed E-state index contributed by atoms with van der Waals surface area (Å²) in [5.74, 6) is 1.71. The molecule has 0 saturated carbocycles. The number of morpholine rings is 1. The van der Waals surface area contributed by atoms with E-state index in [1.165, 1.54) is 0 Å². The number of rotatable bonds is 6. The van der Waals surface area contributed by atoms with E-state index in [9.17, 15) is 0 Å². The normalized spacial score (nSPS) is 17.6. The third-order valence-corrected chi connectivity index (χ3v) is 3.85. The van der Waals surface area contributed by atoms with Crippen LogP contribution >= 0.6 is 0 Å². The second-order valence-corrected chi connectivity index (χ2v) is 5.42.